The normalized spacial score (nSPS) is 18.9. The summed E-state index contributed by atoms with van der Waals surface area (Å²) in [6.45, 7) is 5.84. The number of methoxy groups -OCH3 is 1. The van der Waals surface area contributed by atoms with Gasteiger partial charge in [0.05, 0.1) is 25.2 Å². The zero-order valence-electron chi connectivity index (χ0n) is 20.3. The molecule has 6 heteroatoms. The van der Waals surface area contributed by atoms with Crippen molar-refractivity contribution < 1.29 is 19.7 Å². The van der Waals surface area contributed by atoms with Crippen LogP contribution in [-0.2, 0) is 11.2 Å². The number of pyridine rings is 1. The number of carboxylic acids is 1. The maximum Gasteiger partial charge on any atom is 0.303 e. The largest absolute Gasteiger partial charge is 0.497 e. The highest BCUT2D eigenvalue weighted by atomic mass is 16.5. The standard InChI is InChI=1S/C29H34N2O4/c1-20(16-21-6-4-3-5-7-21)31-15-13-22(23(19-31)17-29(33)34)8-11-28(32)25-12-14-30-27-10-9-24(35-2)18-26(25)27/h3-7,9-10,12,14,18,22-23,28,32H,1,8,11,13,15-17,19H2,2H3,(H,33,34)/t22-,23+,28+/m1/s1. The Labute approximate surface area is 206 Å². The van der Waals surface area contributed by atoms with Crippen LogP contribution in [0.25, 0.3) is 10.9 Å². The predicted molar refractivity (Wildman–Crippen MR) is 137 cm³/mol. The van der Waals surface area contributed by atoms with Crippen molar-refractivity contribution in [3.63, 3.8) is 0 Å². The third-order valence-corrected chi connectivity index (χ3v) is 7.18. The molecule has 0 radical (unpaired) electrons. The van der Waals surface area contributed by atoms with Crippen LogP contribution < -0.4 is 4.74 Å². The zero-order valence-corrected chi connectivity index (χ0v) is 20.3. The van der Waals surface area contributed by atoms with Crippen LogP contribution in [0, 0.1) is 11.8 Å². The first-order valence-corrected chi connectivity index (χ1v) is 12.2. The molecule has 0 amide bonds. The Bertz CT molecular complexity index is 1160. The molecule has 1 fully saturated rings. The van der Waals surface area contributed by atoms with E-state index < -0.39 is 12.1 Å². The topological polar surface area (TPSA) is 82.9 Å². The predicted octanol–water partition coefficient (Wildman–Crippen LogP) is 5.23. The molecular weight excluding hydrogens is 440 g/mol. The van der Waals surface area contributed by atoms with Crippen molar-refractivity contribution in [3.8, 4) is 5.75 Å². The number of benzene rings is 2. The van der Waals surface area contributed by atoms with Crippen LogP contribution in [0.15, 0.2) is 73.1 Å². The number of fused-ring (bicyclic) bond motifs is 1. The number of aliphatic hydroxyl groups excluding tert-OH is 1. The first-order chi connectivity index (χ1) is 16.9. The molecular formula is C29H34N2O4. The second-order valence-corrected chi connectivity index (χ2v) is 9.46. The van der Waals surface area contributed by atoms with E-state index in [1.165, 1.54) is 5.56 Å². The van der Waals surface area contributed by atoms with Gasteiger partial charge in [-0.1, -0.05) is 36.9 Å². The molecule has 35 heavy (non-hydrogen) atoms. The van der Waals surface area contributed by atoms with Crippen LogP contribution in [0.4, 0.5) is 0 Å². The van der Waals surface area contributed by atoms with Gasteiger partial charge >= 0.3 is 5.97 Å². The van der Waals surface area contributed by atoms with Gasteiger partial charge in [-0.15, -0.1) is 0 Å². The molecule has 1 aromatic heterocycles. The minimum atomic E-state index is -0.775. The summed E-state index contributed by atoms with van der Waals surface area (Å²) in [5, 5.41) is 21.5. The number of aromatic nitrogens is 1. The molecule has 3 atom stereocenters. The highest BCUT2D eigenvalue weighted by molar-refractivity contribution is 5.83. The van der Waals surface area contributed by atoms with E-state index in [9.17, 15) is 15.0 Å². The van der Waals surface area contributed by atoms with Gasteiger partial charge in [-0.25, -0.2) is 0 Å². The summed E-state index contributed by atoms with van der Waals surface area (Å²) >= 11 is 0. The number of ether oxygens (including phenoxy) is 1. The maximum atomic E-state index is 11.6. The Balaban J connectivity index is 1.41. The van der Waals surface area contributed by atoms with E-state index in [4.69, 9.17) is 4.74 Å². The number of aliphatic hydroxyl groups is 1. The number of allylic oxidation sites excluding steroid dienone is 1. The highest BCUT2D eigenvalue weighted by Crippen LogP contribution is 2.35. The monoisotopic (exact) mass is 474 g/mol. The average molecular weight is 475 g/mol. The average Bonchev–Trinajstić information content (AvgIpc) is 2.87. The van der Waals surface area contributed by atoms with Gasteiger partial charge in [0.25, 0.3) is 0 Å². The van der Waals surface area contributed by atoms with E-state index in [1.54, 1.807) is 13.3 Å². The lowest BCUT2D eigenvalue weighted by molar-refractivity contribution is -0.139. The van der Waals surface area contributed by atoms with Crippen molar-refractivity contribution in [3.05, 3.63) is 84.2 Å². The van der Waals surface area contributed by atoms with Crippen LogP contribution >= 0.6 is 0 Å². The quantitative estimate of drug-likeness (QED) is 0.419. The fourth-order valence-corrected chi connectivity index (χ4v) is 5.24. The molecule has 1 saturated heterocycles. The molecule has 1 aliphatic heterocycles. The van der Waals surface area contributed by atoms with Crippen LogP contribution in [0.5, 0.6) is 5.75 Å². The van der Waals surface area contributed by atoms with E-state index in [2.05, 4.69) is 28.6 Å². The second kappa shape index (κ2) is 11.4. The maximum absolute atomic E-state index is 11.6. The summed E-state index contributed by atoms with van der Waals surface area (Å²) in [7, 11) is 1.62. The van der Waals surface area contributed by atoms with Crippen molar-refractivity contribution in [1.29, 1.82) is 0 Å². The van der Waals surface area contributed by atoms with Crippen molar-refractivity contribution >= 4 is 16.9 Å². The van der Waals surface area contributed by atoms with Gasteiger partial charge in [-0.05, 0) is 66.5 Å². The molecule has 2 heterocycles. The summed E-state index contributed by atoms with van der Waals surface area (Å²) in [5.74, 6) is 0.214. The van der Waals surface area contributed by atoms with Crippen molar-refractivity contribution in [2.75, 3.05) is 20.2 Å². The number of hydrogen-bond donors (Lipinski definition) is 2. The van der Waals surface area contributed by atoms with Gasteiger partial charge in [0.15, 0.2) is 0 Å². The molecule has 4 rings (SSSR count). The lowest BCUT2D eigenvalue weighted by Gasteiger charge is -2.40. The minimum absolute atomic E-state index is 0.0234. The molecule has 3 aromatic rings. The number of nitrogens with zero attached hydrogens (tertiary/aromatic N) is 2. The van der Waals surface area contributed by atoms with Gasteiger partial charge in [0.1, 0.15) is 5.75 Å². The number of hydrogen-bond acceptors (Lipinski definition) is 5. The van der Waals surface area contributed by atoms with Crippen molar-refractivity contribution in [1.82, 2.24) is 9.88 Å². The summed E-state index contributed by atoms with van der Waals surface area (Å²) in [5.41, 5.74) is 3.88. The Kier molecular flexibility index (Phi) is 8.03. The number of rotatable bonds is 10. The molecule has 0 aliphatic carbocycles. The Morgan fingerprint density at radius 1 is 1.20 bits per heavy atom. The van der Waals surface area contributed by atoms with Crippen molar-refractivity contribution in [2.45, 2.75) is 38.2 Å². The Hall–Kier alpha value is -3.38. The first kappa shape index (κ1) is 24.7. The van der Waals surface area contributed by atoms with E-state index >= 15 is 0 Å². The van der Waals surface area contributed by atoms with Gasteiger partial charge < -0.3 is 19.8 Å². The lowest BCUT2D eigenvalue weighted by atomic mass is 9.79. The van der Waals surface area contributed by atoms with E-state index in [0.29, 0.717) is 13.0 Å². The fourth-order valence-electron chi connectivity index (χ4n) is 5.24. The van der Waals surface area contributed by atoms with E-state index in [-0.39, 0.29) is 18.3 Å². The first-order valence-electron chi connectivity index (χ1n) is 12.2. The van der Waals surface area contributed by atoms with Crippen molar-refractivity contribution in [2.24, 2.45) is 11.8 Å². The third-order valence-electron chi connectivity index (χ3n) is 7.18. The van der Waals surface area contributed by atoms with Crippen LogP contribution in [0.2, 0.25) is 0 Å². The number of piperidine rings is 1. The van der Waals surface area contributed by atoms with Crippen LogP contribution in [-0.4, -0.2) is 46.3 Å². The Morgan fingerprint density at radius 2 is 2.00 bits per heavy atom. The molecule has 6 nitrogen and oxygen atoms in total. The summed E-state index contributed by atoms with van der Waals surface area (Å²) in [6, 6.07) is 17.7. The molecule has 2 aromatic carbocycles. The number of likely N-dealkylation sites (tertiary alicyclic amines) is 1. The fraction of sp³-hybridized carbons (Fsp3) is 0.379. The summed E-state index contributed by atoms with van der Waals surface area (Å²) in [6.07, 6.45) is 4.20. The molecule has 0 unspecified atom stereocenters. The number of carbonyl (C=O) groups is 1. The smallest absolute Gasteiger partial charge is 0.303 e. The molecule has 0 bridgehead atoms. The van der Waals surface area contributed by atoms with Crippen LogP contribution in [0.3, 0.4) is 0 Å². The zero-order chi connectivity index (χ0) is 24.8. The van der Waals surface area contributed by atoms with E-state index in [0.717, 1.165) is 53.7 Å². The van der Waals surface area contributed by atoms with Gasteiger partial charge in [0, 0.05) is 36.8 Å². The summed E-state index contributed by atoms with van der Waals surface area (Å²) < 4.78 is 5.35. The molecule has 2 N–H and O–H groups in total. The molecule has 184 valence electrons. The number of carboxylic acid groups (broad SMARTS) is 1. The van der Waals surface area contributed by atoms with Gasteiger partial charge in [-0.3, -0.25) is 9.78 Å². The second-order valence-electron chi connectivity index (χ2n) is 9.46. The number of aliphatic carboxylic acids is 1. The Morgan fingerprint density at radius 3 is 2.74 bits per heavy atom. The van der Waals surface area contributed by atoms with Crippen LogP contribution in [0.1, 0.15) is 42.9 Å². The SMILES string of the molecule is C=C(Cc1ccccc1)N1CC[C@@H](CC[C@H](O)c2ccnc3ccc(OC)cc23)[C@@H](CC(=O)O)C1. The summed E-state index contributed by atoms with van der Waals surface area (Å²) in [4.78, 5) is 18.3. The van der Waals surface area contributed by atoms with Gasteiger partial charge in [-0.2, -0.15) is 0 Å². The molecule has 0 saturated carbocycles. The lowest BCUT2D eigenvalue weighted by Crippen LogP contribution is -2.41. The highest BCUT2D eigenvalue weighted by Gasteiger charge is 2.31. The van der Waals surface area contributed by atoms with E-state index in [1.807, 2.05) is 42.5 Å². The molecule has 0 spiro atoms. The molecule has 1 aliphatic rings. The minimum Gasteiger partial charge on any atom is -0.497 e. The third kappa shape index (κ3) is 6.20. The van der Waals surface area contributed by atoms with Gasteiger partial charge in [0.2, 0.25) is 0 Å².